The molecule has 1 saturated heterocycles. The minimum atomic E-state index is 0.0130. The minimum Gasteiger partial charge on any atom is -0.497 e. The predicted octanol–water partition coefficient (Wildman–Crippen LogP) is 6.14. The van der Waals surface area contributed by atoms with Crippen LogP contribution in [0.15, 0.2) is 71.3 Å². The first-order valence-electron chi connectivity index (χ1n) is 14.0. The van der Waals surface area contributed by atoms with Gasteiger partial charge in [0.15, 0.2) is 0 Å². The van der Waals surface area contributed by atoms with E-state index < -0.39 is 0 Å². The van der Waals surface area contributed by atoms with Crippen LogP contribution in [0.5, 0.6) is 5.75 Å². The number of carbonyl (C=O) groups is 1. The zero-order valence-corrected chi connectivity index (χ0v) is 23.0. The number of unbranched alkanes of at least 4 members (excludes halogenated alkanes) is 1. The van der Waals surface area contributed by atoms with Crippen LogP contribution in [0.1, 0.15) is 42.4 Å². The second-order valence-corrected chi connectivity index (χ2v) is 10.2. The second-order valence-electron chi connectivity index (χ2n) is 10.2. The minimum absolute atomic E-state index is 0.0130. The van der Waals surface area contributed by atoms with Crippen molar-refractivity contribution < 1.29 is 14.1 Å². The summed E-state index contributed by atoms with van der Waals surface area (Å²) in [6.45, 7) is 4.84. The fourth-order valence-electron chi connectivity index (χ4n) is 5.36. The van der Waals surface area contributed by atoms with Crippen LogP contribution < -0.4 is 9.64 Å². The Morgan fingerprint density at radius 2 is 1.82 bits per heavy atom. The first-order valence-corrected chi connectivity index (χ1v) is 14.0. The molecule has 3 heterocycles. The molecule has 0 unspecified atom stereocenters. The van der Waals surface area contributed by atoms with Crippen LogP contribution in [-0.4, -0.2) is 59.2 Å². The Bertz CT molecular complexity index is 1660. The van der Waals surface area contributed by atoms with Crippen LogP contribution in [0.2, 0.25) is 0 Å². The number of fused-ring (bicyclic) bond motifs is 2. The molecule has 1 fully saturated rings. The van der Waals surface area contributed by atoms with Gasteiger partial charge < -0.3 is 19.1 Å². The third-order valence-electron chi connectivity index (χ3n) is 7.54. The standard InChI is InChI=1S/C32H33N5O3/c1-3-4-13-27-33-30(36-16-8-17-37(19-18-36)32(38)25-11-7-12-26(21-25)39-2)28-29(35-40-31(28)34-27)24-15-14-22-9-5-6-10-23(22)20-24/h5-7,9-12,14-15,20-21H,3-4,8,13,16-19H2,1-2H3. The fourth-order valence-corrected chi connectivity index (χ4v) is 5.36. The number of aryl methyl sites for hydroxylation is 1. The van der Waals surface area contributed by atoms with Gasteiger partial charge in [-0.05, 0) is 47.9 Å². The average molecular weight is 536 g/mol. The van der Waals surface area contributed by atoms with Crippen molar-refractivity contribution in [2.75, 3.05) is 38.2 Å². The number of rotatable bonds is 7. The molecule has 2 aromatic heterocycles. The Kier molecular flexibility index (Phi) is 7.31. The molecule has 0 radical (unpaired) electrons. The summed E-state index contributed by atoms with van der Waals surface area (Å²) in [4.78, 5) is 27.4. The maximum absolute atomic E-state index is 13.4. The number of benzene rings is 3. The summed E-state index contributed by atoms with van der Waals surface area (Å²) >= 11 is 0. The van der Waals surface area contributed by atoms with Crippen LogP contribution in [0.25, 0.3) is 33.1 Å². The van der Waals surface area contributed by atoms with Gasteiger partial charge in [0.05, 0.1) is 7.11 Å². The van der Waals surface area contributed by atoms with Gasteiger partial charge in [0.25, 0.3) is 11.6 Å². The average Bonchev–Trinajstić information content (AvgIpc) is 3.28. The number of hydrogen-bond acceptors (Lipinski definition) is 7. The summed E-state index contributed by atoms with van der Waals surface area (Å²) in [5, 5.41) is 7.62. The van der Waals surface area contributed by atoms with Crippen molar-refractivity contribution in [3.8, 4) is 17.0 Å². The number of nitrogens with zero attached hydrogens (tertiary/aromatic N) is 5. The van der Waals surface area contributed by atoms with Crippen molar-refractivity contribution in [3.05, 3.63) is 78.1 Å². The summed E-state index contributed by atoms with van der Waals surface area (Å²) in [6.07, 6.45) is 3.65. The van der Waals surface area contributed by atoms with Crippen molar-refractivity contribution in [3.63, 3.8) is 0 Å². The van der Waals surface area contributed by atoms with E-state index >= 15 is 0 Å². The van der Waals surface area contributed by atoms with E-state index in [1.54, 1.807) is 13.2 Å². The molecule has 5 aromatic rings. The number of anilines is 1. The van der Waals surface area contributed by atoms with Crippen LogP contribution in [0.4, 0.5) is 5.82 Å². The van der Waals surface area contributed by atoms with Crippen molar-refractivity contribution in [2.45, 2.75) is 32.6 Å². The molecular weight excluding hydrogens is 502 g/mol. The zero-order valence-electron chi connectivity index (χ0n) is 23.0. The van der Waals surface area contributed by atoms with E-state index in [-0.39, 0.29) is 5.91 Å². The molecule has 0 spiro atoms. The van der Waals surface area contributed by atoms with Crippen molar-refractivity contribution in [1.82, 2.24) is 20.0 Å². The molecule has 8 heteroatoms. The van der Waals surface area contributed by atoms with Gasteiger partial charge in [-0.3, -0.25) is 4.79 Å². The smallest absolute Gasteiger partial charge is 0.263 e. The largest absolute Gasteiger partial charge is 0.497 e. The van der Waals surface area contributed by atoms with E-state index in [2.05, 4.69) is 47.3 Å². The van der Waals surface area contributed by atoms with Gasteiger partial charge in [0.1, 0.15) is 28.5 Å². The van der Waals surface area contributed by atoms with Gasteiger partial charge in [-0.1, -0.05) is 61.0 Å². The van der Waals surface area contributed by atoms with E-state index in [1.165, 1.54) is 5.39 Å². The maximum Gasteiger partial charge on any atom is 0.263 e. The van der Waals surface area contributed by atoms with Crippen LogP contribution in [0, 0.1) is 0 Å². The Labute approximate surface area is 233 Å². The quantitative estimate of drug-likeness (QED) is 0.247. The van der Waals surface area contributed by atoms with Gasteiger partial charge in [-0.25, -0.2) is 4.98 Å². The molecule has 0 saturated carbocycles. The molecule has 0 N–H and O–H groups in total. The molecule has 1 aliphatic rings. The SMILES string of the molecule is CCCCc1nc(N2CCCN(C(=O)c3cccc(OC)c3)CC2)c2c(-c3ccc4ccccc4c3)noc2n1. The molecule has 204 valence electrons. The lowest BCUT2D eigenvalue weighted by Gasteiger charge is -2.24. The summed E-state index contributed by atoms with van der Waals surface area (Å²) in [6, 6.07) is 21.9. The number of carbonyl (C=O) groups excluding carboxylic acids is 1. The van der Waals surface area contributed by atoms with Gasteiger partial charge in [-0.2, -0.15) is 4.98 Å². The van der Waals surface area contributed by atoms with Crippen molar-refractivity contribution >= 4 is 33.6 Å². The Balaban J connectivity index is 1.35. The highest BCUT2D eigenvalue weighted by Gasteiger charge is 2.26. The molecule has 6 rings (SSSR count). The molecule has 1 amide bonds. The number of ether oxygens (including phenoxy) is 1. The van der Waals surface area contributed by atoms with Gasteiger partial charge in [0, 0.05) is 43.7 Å². The monoisotopic (exact) mass is 535 g/mol. The highest BCUT2D eigenvalue weighted by atomic mass is 16.5. The number of methoxy groups -OCH3 is 1. The van der Waals surface area contributed by atoms with Crippen LogP contribution >= 0.6 is 0 Å². The molecule has 40 heavy (non-hydrogen) atoms. The predicted molar refractivity (Wildman–Crippen MR) is 157 cm³/mol. The van der Waals surface area contributed by atoms with E-state index in [9.17, 15) is 4.79 Å². The van der Waals surface area contributed by atoms with E-state index in [0.717, 1.165) is 65.9 Å². The van der Waals surface area contributed by atoms with Gasteiger partial charge >= 0.3 is 0 Å². The first kappa shape index (κ1) is 25.8. The molecule has 0 bridgehead atoms. The summed E-state index contributed by atoms with van der Waals surface area (Å²) in [5.74, 6) is 2.29. The Morgan fingerprint density at radius 3 is 2.67 bits per heavy atom. The number of aromatic nitrogens is 3. The van der Waals surface area contributed by atoms with Gasteiger partial charge in [0.2, 0.25) is 0 Å². The highest BCUT2D eigenvalue weighted by molar-refractivity contribution is 6.00. The lowest BCUT2D eigenvalue weighted by Crippen LogP contribution is -2.35. The zero-order chi connectivity index (χ0) is 27.5. The molecule has 3 aromatic carbocycles. The van der Waals surface area contributed by atoms with E-state index in [4.69, 9.17) is 19.2 Å². The summed E-state index contributed by atoms with van der Waals surface area (Å²) in [5.41, 5.74) is 2.85. The van der Waals surface area contributed by atoms with Crippen LogP contribution in [-0.2, 0) is 6.42 Å². The fraction of sp³-hybridized carbons (Fsp3) is 0.312. The highest BCUT2D eigenvalue weighted by Crippen LogP contribution is 2.35. The Hall–Kier alpha value is -4.46. The van der Waals surface area contributed by atoms with E-state index in [0.29, 0.717) is 36.7 Å². The molecule has 0 aliphatic carbocycles. The van der Waals surface area contributed by atoms with Crippen molar-refractivity contribution in [1.29, 1.82) is 0 Å². The molecule has 1 aliphatic heterocycles. The van der Waals surface area contributed by atoms with Crippen LogP contribution in [0.3, 0.4) is 0 Å². The topological polar surface area (TPSA) is 84.6 Å². The molecule has 0 atom stereocenters. The lowest BCUT2D eigenvalue weighted by molar-refractivity contribution is 0.0766. The summed E-state index contributed by atoms with van der Waals surface area (Å²) < 4.78 is 11.2. The third-order valence-corrected chi connectivity index (χ3v) is 7.54. The molecular formula is C32H33N5O3. The van der Waals surface area contributed by atoms with Crippen molar-refractivity contribution in [2.24, 2.45) is 0 Å². The first-order chi connectivity index (χ1) is 19.6. The number of amides is 1. The van der Waals surface area contributed by atoms with Gasteiger partial charge in [-0.15, -0.1) is 0 Å². The normalized spacial score (nSPS) is 14.1. The summed E-state index contributed by atoms with van der Waals surface area (Å²) in [7, 11) is 1.61. The third kappa shape index (κ3) is 5.09. The maximum atomic E-state index is 13.4. The second kappa shape index (κ2) is 11.3. The van der Waals surface area contributed by atoms with E-state index in [1.807, 2.05) is 35.2 Å². The molecule has 8 nitrogen and oxygen atoms in total. The Morgan fingerprint density at radius 1 is 0.950 bits per heavy atom. The lowest BCUT2D eigenvalue weighted by atomic mass is 10.0. The number of hydrogen-bond donors (Lipinski definition) is 0.